The Balaban J connectivity index is 2.10. The van der Waals surface area contributed by atoms with E-state index in [1.165, 1.54) is 12.1 Å². The van der Waals surface area contributed by atoms with Gasteiger partial charge in [-0.3, -0.25) is 4.98 Å². The van der Waals surface area contributed by atoms with Crippen LogP contribution in [-0.2, 0) is 13.0 Å². The van der Waals surface area contributed by atoms with E-state index < -0.39 is 0 Å². The van der Waals surface area contributed by atoms with E-state index >= 15 is 0 Å². The van der Waals surface area contributed by atoms with Crippen molar-refractivity contribution in [1.82, 2.24) is 14.5 Å². The highest BCUT2D eigenvalue weighted by Gasteiger charge is 2.11. The van der Waals surface area contributed by atoms with Gasteiger partial charge < -0.3 is 4.57 Å². The van der Waals surface area contributed by atoms with Gasteiger partial charge in [-0.05, 0) is 29.8 Å². The third-order valence-electron chi connectivity index (χ3n) is 3.17. The van der Waals surface area contributed by atoms with Gasteiger partial charge in [-0.2, -0.15) is 0 Å². The molecular weight excluding hydrogens is 277 g/mol. The van der Waals surface area contributed by atoms with Crippen LogP contribution in [0, 0.1) is 5.82 Å². The number of aryl methyl sites for hydroxylation is 1. The van der Waals surface area contributed by atoms with Gasteiger partial charge in [-0.15, -0.1) is 11.6 Å². The molecule has 0 spiro atoms. The number of aromatic nitrogens is 3. The number of pyridine rings is 1. The first kappa shape index (κ1) is 13.1. The zero-order valence-electron chi connectivity index (χ0n) is 10.8. The predicted molar refractivity (Wildman–Crippen MR) is 77.5 cm³/mol. The van der Waals surface area contributed by atoms with Crippen LogP contribution in [-0.4, -0.2) is 20.4 Å². The van der Waals surface area contributed by atoms with Crippen molar-refractivity contribution in [1.29, 1.82) is 0 Å². The van der Waals surface area contributed by atoms with Crippen molar-refractivity contribution in [3.05, 3.63) is 59.9 Å². The number of rotatable bonds is 4. The summed E-state index contributed by atoms with van der Waals surface area (Å²) in [6.45, 7) is 0.611. The van der Waals surface area contributed by atoms with Crippen LogP contribution in [0.15, 0.2) is 42.7 Å². The minimum atomic E-state index is -0.262. The largest absolute Gasteiger partial charge is 0.323 e. The Labute approximate surface area is 121 Å². The third-order valence-corrected chi connectivity index (χ3v) is 3.36. The maximum atomic E-state index is 13.5. The molecule has 3 rings (SSSR count). The predicted octanol–water partition coefficient (Wildman–Crippen LogP) is 3.40. The molecule has 0 N–H and O–H groups in total. The number of alkyl halides is 1. The zero-order chi connectivity index (χ0) is 13.9. The molecule has 0 fully saturated rings. The first-order valence-corrected chi connectivity index (χ1v) is 6.91. The summed E-state index contributed by atoms with van der Waals surface area (Å²) < 4.78 is 15.5. The number of benzene rings is 1. The topological polar surface area (TPSA) is 30.7 Å². The summed E-state index contributed by atoms with van der Waals surface area (Å²) in [5, 5.41) is 0. The molecule has 0 radical (unpaired) electrons. The van der Waals surface area contributed by atoms with Crippen LogP contribution in [0.5, 0.6) is 0 Å². The van der Waals surface area contributed by atoms with E-state index in [9.17, 15) is 4.39 Å². The molecule has 2 aromatic heterocycles. The Kier molecular flexibility index (Phi) is 3.65. The van der Waals surface area contributed by atoms with E-state index in [2.05, 4.69) is 9.97 Å². The number of hydrogen-bond donors (Lipinski definition) is 0. The van der Waals surface area contributed by atoms with Crippen LogP contribution in [0.3, 0.4) is 0 Å². The van der Waals surface area contributed by atoms with E-state index in [0.717, 1.165) is 22.4 Å². The molecule has 1 aromatic carbocycles. The average Bonchev–Trinajstić information content (AvgIpc) is 2.78. The molecule has 0 aliphatic heterocycles. The van der Waals surface area contributed by atoms with Gasteiger partial charge in [0, 0.05) is 24.7 Å². The average molecular weight is 290 g/mol. The quantitative estimate of drug-likeness (QED) is 0.689. The molecule has 0 unspecified atom stereocenters. The lowest BCUT2D eigenvalue weighted by Crippen LogP contribution is -2.06. The Morgan fingerprint density at radius 3 is 2.90 bits per heavy atom. The van der Waals surface area contributed by atoms with Gasteiger partial charge in [-0.1, -0.05) is 6.07 Å². The first-order chi connectivity index (χ1) is 9.78. The zero-order valence-corrected chi connectivity index (χ0v) is 11.5. The highest BCUT2D eigenvalue weighted by molar-refractivity contribution is 6.17. The number of halogens is 2. The minimum absolute atomic E-state index is 0.262. The molecule has 5 heteroatoms. The first-order valence-electron chi connectivity index (χ1n) is 6.37. The second-order valence-electron chi connectivity index (χ2n) is 4.55. The van der Waals surface area contributed by atoms with Crippen LogP contribution in [0.1, 0.15) is 11.4 Å². The second-order valence-corrected chi connectivity index (χ2v) is 4.93. The maximum Gasteiger partial charge on any atom is 0.125 e. The number of fused-ring (bicyclic) bond motifs is 1. The number of imidazole rings is 1. The Morgan fingerprint density at radius 1 is 1.25 bits per heavy atom. The van der Waals surface area contributed by atoms with Gasteiger partial charge in [0.05, 0.1) is 17.6 Å². The second kappa shape index (κ2) is 5.59. The van der Waals surface area contributed by atoms with E-state index in [0.29, 0.717) is 18.8 Å². The fourth-order valence-electron chi connectivity index (χ4n) is 2.27. The minimum Gasteiger partial charge on any atom is -0.323 e. The molecule has 0 bridgehead atoms. The van der Waals surface area contributed by atoms with Crippen molar-refractivity contribution in [2.24, 2.45) is 0 Å². The van der Waals surface area contributed by atoms with Crippen LogP contribution < -0.4 is 0 Å². The molecule has 20 heavy (non-hydrogen) atoms. The fourth-order valence-corrected chi connectivity index (χ4v) is 2.44. The molecular formula is C15H13ClFN3. The van der Waals surface area contributed by atoms with Gasteiger partial charge in [0.1, 0.15) is 11.6 Å². The fraction of sp³-hybridized carbons (Fsp3) is 0.200. The molecule has 0 atom stereocenters. The standard InChI is InChI=1S/C15H13ClFN3/c16-6-5-15-19-13-4-3-12(17)8-14(13)20(15)10-11-2-1-7-18-9-11/h1-4,7-9H,5-6,10H2. The monoisotopic (exact) mass is 289 g/mol. The van der Waals surface area contributed by atoms with E-state index in [4.69, 9.17) is 11.6 Å². The lowest BCUT2D eigenvalue weighted by molar-refractivity contribution is 0.628. The van der Waals surface area contributed by atoms with Gasteiger partial charge in [0.15, 0.2) is 0 Å². The summed E-state index contributed by atoms with van der Waals surface area (Å²) in [6.07, 6.45) is 4.18. The van der Waals surface area contributed by atoms with Crippen LogP contribution in [0.25, 0.3) is 11.0 Å². The normalized spacial score (nSPS) is 11.1. The van der Waals surface area contributed by atoms with Crippen molar-refractivity contribution in [3.8, 4) is 0 Å². The van der Waals surface area contributed by atoms with Gasteiger partial charge >= 0.3 is 0 Å². The smallest absolute Gasteiger partial charge is 0.125 e. The summed E-state index contributed by atoms with van der Waals surface area (Å²) in [6, 6.07) is 8.51. The molecule has 0 aliphatic carbocycles. The molecule has 3 nitrogen and oxygen atoms in total. The summed E-state index contributed by atoms with van der Waals surface area (Å²) >= 11 is 5.83. The van der Waals surface area contributed by atoms with Gasteiger partial charge in [0.25, 0.3) is 0 Å². The third kappa shape index (κ3) is 2.51. The molecule has 0 amide bonds. The van der Waals surface area contributed by atoms with E-state index in [1.807, 2.05) is 16.7 Å². The van der Waals surface area contributed by atoms with Crippen molar-refractivity contribution >= 4 is 22.6 Å². The Bertz CT molecular complexity index is 725. The summed E-state index contributed by atoms with van der Waals surface area (Å²) in [4.78, 5) is 8.64. The molecule has 0 aliphatic rings. The molecule has 3 aromatic rings. The maximum absolute atomic E-state index is 13.5. The Hall–Kier alpha value is -1.94. The van der Waals surface area contributed by atoms with Crippen molar-refractivity contribution in [2.45, 2.75) is 13.0 Å². The highest BCUT2D eigenvalue weighted by atomic mass is 35.5. The van der Waals surface area contributed by atoms with Crippen LogP contribution in [0.2, 0.25) is 0 Å². The SMILES string of the molecule is Fc1ccc2nc(CCCl)n(Cc3cccnc3)c2c1. The summed E-state index contributed by atoms with van der Waals surface area (Å²) in [7, 11) is 0. The lowest BCUT2D eigenvalue weighted by atomic mass is 10.2. The molecule has 0 saturated heterocycles. The number of nitrogens with zero attached hydrogens (tertiary/aromatic N) is 3. The Morgan fingerprint density at radius 2 is 2.15 bits per heavy atom. The van der Waals surface area contributed by atoms with Crippen LogP contribution >= 0.6 is 11.6 Å². The van der Waals surface area contributed by atoms with Crippen molar-refractivity contribution < 1.29 is 4.39 Å². The van der Waals surface area contributed by atoms with Gasteiger partial charge in [0.2, 0.25) is 0 Å². The van der Waals surface area contributed by atoms with Crippen LogP contribution in [0.4, 0.5) is 4.39 Å². The molecule has 2 heterocycles. The molecule has 0 saturated carbocycles. The highest BCUT2D eigenvalue weighted by Crippen LogP contribution is 2.19. The lowest BCUT2D eigenvalue weighted by Gasteiger charge is -2.08. The number of hydrogen-bond acceptors (Lipinski definition) is 2. The van der Waals surface area contributed by atoms with E-state index in [-0.39, 0.29) is 5.82 Å². The summed E-state index contributed by atoms with van der Waals surface area (Å²) in [5.41, 5.74) is 2.62. The molecule has 102 valence electrons. The summed E-state index contributed by atoms with van der Waals surface area (Å²) in [5.74, 6) is 1.09. The van der Waals surface area contributed by atoms with Gasteiger partial charge in [-0.25, -0.2) is 9.37 Å². The van der Waals surface area contributed by atoms with E-state index in [1.54, 1.807) is 18.5 Å². The van der Waals surface area contributed by atoms with Crippen molar-refractivity contribution in [2.75, 3.05) is 5.88 Å². The van der Waals surface area contributed by atoms with Crippen molar-refractivity contribution in [3.63, 3.8) is 0 Å².